The number of aryl methyl sites for hydroxylation is 1. The van der Waals surface area contributed by atoms with E-state index in [1.807, 2.05) is 6.92 Å². The Balaban J connectivity index is 1.65. The van der Waals surface area contributed by atoms with E-state index in [0.717, 1.165) is 18.9 Å². The smallest absolute Gasteiger partial charge is 0.243 e. The molecular weight excluding hydrogens is 345 g/mol. The molecule has 0 radical (unpaired) electrons. The van der Waals surface area contributed by atoms with Crippen LogP contribution in [0.4, 0.5) is 4.39 Å². The van der Waals surface area contributed by atoms with E-state index in [0.29, 0.717) is 44.7 Å². The molecule has 1 unspecified atom stereocenters. The maximum absolute atomic E-state index is 13.7. The lowest BCUT2D eigenvalue weighted by Gasteiger charge is -2.38. The minimum Gasteiger partial charge on any atom is -0.379 e. The average Bonchev–Trinajstić information content (AvgIpc) is 2.98. The largest absolute Gasteiger partial charge is 0.379 e. The number of halogens is 1. The Bertz CT molecular complexity index is 714. The van der Waals surface area contributed by atoms with Crippen LogP contribution in [0.3, 0.4) is 0 Å². The third-order valence-corrected chi connectivity index (χ3v) is 7.16. The zero-order valence-corrected chi connectivity index (χ0v) is 15.6. The van der Waals surface area contributed by atoms with E-state index in [1.165, 1.54) is 16.4 Å². The van der Waals surface area contributed by atoms with E-state index in [9.17, 15) is 12.8 Å². The van der Waals surface area contributed by atoms with Gasteiger partial charge in [0.2, 0.25) is 10.0 Å². The molecule has 0 aromatic heterocycles. The summed E-state index contributed by atoms with van der Waals surface area (Å²) in [6.45, 7) is 5.65. The van der Waals surface area contributed by atoms with Gasteiger partial charge < -0.3 is 9.47 Å². The summed E-state index contributed by atoms with van der Waals surface area (Å²) in [7, 11) is -3.66. The summed E-state index contributed by atoms with van der Waals surface area (Å²) in [5, 5.41) is 0. The van der Waals surface area contributed by atoms with Crippen molar-refractivity contribution < 1.29 is 22.3 Å². The maximum Gasteiger partial charge on any atom is 0.243 e. The number of sulfonamides is 1. The molecule has 1 spiro atoms. The number of hydrogen-bond acceptors (Lipinski definition) is 4. The van der Waals surface area contributed by atoms with Crippen molar-refractivity contribution in [1.29, 1.82) is 0 Å². The summed E-state index contributed by atoms with van der Waals surface area (Å²) in [6.07, 6.45) is 3.34. The number of ether oxygens (including phenoxy) is 2. The lowest BCUT2D eigenvalue weighted by atomic mass is 9.89. The molecule has 2 aliphatic rings. The third kappa shape index (κ3) is 3.89. The average molecular weight is 371 g/mol. The number of benzene rings is 1. The van der Waals surface area contributed by atoms with Crippen LogP contribution < -0.4 is 0 Å². The third-order valence-electron chi connectivity index (χ3n) is 5.26. The summed E-state index contributed by atoms with van der Waals surface area (Å²) >= 11 is 0. The molecule has 3 rings (SSSR count). The number of rotatable bonds is 5. The molecule has 2 heterocycles. The molecule has 2 aliphatic heterocycles. The Morgan fingerprint density at radius 3 is 2.68 bits per heavy atom. The van der Waals surface area contributed by atoms with Crippen LogP contribution in [-0.4, -0.2) is 50.7 Å². The molecule has 25 heavy (non-hydrogen) atoms. The molecule has 1 atom stereocenters. The molecule has 1 aromatic rings. The summed E-state index contributed by atoms with van der Waals surface area (Å²) in [6, 6.07) is 4.09. The highest BCUT2D eigenvalue weighted by Gasteiger charge is 2.44. The second-order valence-corrected chi connectivity index (χ2v) is 8.87. The van der Waals surface area contributed by atoms with Crippen molar-refractivity contribution in [1.82, 2.24) is 4.31 Å². The van der Waals surface area contributed by atoms with E-state index in [2.05, 4.69) is 0 Å². The van der Waals surface area contributed by atoms with E-state index in [4.69, 9.17) is 9.47 Å². The van der Waals surface area contributed by atoms with Gasteiger partial charge in [-0.1, -0.05) is 6.07 Å². The number of piperidine rings is 1. The van der Waals surface area contributed by atoms with Crippen molar-refractivity contribution in [2.45, 2.75) is 56.1 Å². The number of nitrogens with zero attached hydrogens (tertiary/aromatic N) is 1. The molecule has 140 valence electrons. The first-order valence-electron chi connectivity index (χ1n) is 8.88. The molecule has 0 N–H and O–H groups in total. The van der Waals surface area contributed by atoms with Crippen molar-refractivity contribution in [3.05, 3.63) is 29.6 Å². The normalized spacial score (nSPS) is 24.0. The Morgan fingerprint density at radius 1 is 1.32 bits per heavy atom. The molecule has 7 heteroatoms. The van der Waals surface area contributed by atoms with Crippen LogP contribution >= 0.6 is 0 Å². The van der Waals surface area contributed by atoms with Crippen LogP contribution in [0, 0.1) is 12.7 Å². The molecule has 0 bridgehead atoms. The summed E-state index contributed by atoms with van der Waals surface area (Å²) < 4.78 is 52.3. The van der Waals surface area contributed by atoms with Crippen molar-refractivity contribution in [3.63, 3.8) is 0 Å². The Kier molecular flexibility index (Phi) is 5.48. The molecule has 2 saturated heterocycles. The first kappa shape index (κ1) is 18.8. The second kappa shape index (κ2) is 7.31. The van der Waals surface area contributed by atoms with E-state index >= 15 is 0 Å². The fourth-order valence-corrected chi connectivity index (χ4v) is 5.10. The van der Waals surface area contributed by atoms with Gasteiger partial charge in [0.25, 0.3) is 0 Å². The minimum absolute atomic E-state index is 0.0214. The topological polar surface area (TPSA) is 55.8 Å². The van der Waals surface area contributed by atoms with Gasteiger partial charge in [0.05, 0.1) is 23.2 Å². The fraction of sp³-hybridized carbons (Fsp3) is 0.667. The SMILES string of the molecule is CCOCC1CCC2(CCN(S(=O)(=O)c3ccc(C)c(F)c3)CC2)O1. The van der Waals surface area contributed by atoms with Crippen molar-refractivity contribution in [3.8, 4) is 0 Å². The van der Waals surface area contributed by atoms with Crippen molar-refractivity contribution in [2.24, 2.45) is 0 Å². The van der Waals surface area contributed by atoms with Crippen molar-refractivity contribution in [2.75, 3.05) is 26.3 Å². The Morgan fingerprint density at radius 2 is 2.04 bits per heavy atom. The van der Waals surface area contributed by atoms with E-state index in [-0.39, 0.29) is 16.6 Å². The van der Waals surface area contributed by atoms with Gasteiger partial charge in [-0.3, -0.25) is 0 Å². The highest BCUT2D eigenvalue weighted by Crippen LogP contribution is 2.40. The molecule has 0 amide bonds. The predicted octanol–water partition coefficient (Wildman–Crippen LogP) is 2.87. The molecule has 0 aliphatic carbocycles. The Labute approximate surface area is 149 Å². The molecule has 0 saturated carbocycles. The summed E-state index contributed by atoms with van der Waals surface area (Å²) in [5.74, 6) is -0.493. The van der Waals surface area contributed by atoms with Gasteiger partial charge in [0.1, 0.15) is 5.82 Å². The quantitative estimate of drug-likeness (QED) is 0.799. The van der Waals surface area contributed by atoms with Gasteiger partial charge in [-0.15, -0.1) is 0 Å². The molecule has 1 aromatic carbocycles. The minimum atomic E-state index is -3.66. The highest BCUT2D eigenvalue weighted by molar-refractivity contribution is 7.89. The van der Waals surface area contributed by atoms with Gasteiger partial charge in [-0.25, -0.2) is 12.8 Å². The van der Waals surface area contributed by atoms with Crippen LogP contribution in [0.25, 0.3) is 0 Å². The summed E-state index contributed by atoms with van der Waals surface area (Å²) in [4.78, 5) is 0.0214. The van der Waals surface area contributed by atoms with Crippen molar-refractivity contribution >= 4 is 10.0 Å². The van der Waals surface area contributed by atoms with E-state index in [1.54, 1.807) is 6.92 Å². The lowest BCUT2D eigenvalue weighted by molar-refractivity contribution is -0.0900. The Hall–Kier alpha value is -1.02. The van der Waals surface area contributed by atoms with E-state index < -0.39 is 15.8 Å². The van der Waals surface area contributed by atoms with Gasteiger partial charge in [0.15, 0.2) is 0 Å². The summed E-state index contributed by atoms with van der Waals surface area (Å²) in [5.41, 5.74) is 0.211. The van der Waals surface area contributed by atoms with Crippen LogP contribution in [0.15, 0.2) is 23.1 Å². The molecule has 5 nitrogen and oxygen atoms in total. The van der Waals surface area contributed by atoms with Crippen LogP contribution in [-0.2, 0) is 19.5 Å². The first-order valence-corrected chi connectivity index (χ1v) is 10.3. The first-order chi connectivity index (χ1) is 11.9. The standard InChI is InChI=1S/C18H26FNO4S/c1-3-23-13-15-6-7-18(24-15)8-10-20(11-9-18)25(21,22)16-5-4-14(2)17(19)12-16/h4-5,12,15H,3,6-11,13H2,1-2H3. The van der Waals surface area contributed by atoms with Crippen LogP contribution in [0.1, 0.15) is 38.2 Å². The molecule has 2 fully saturated rings. The fourth-order valence-electron chi connectivity index (χ4n) is 3.65. The zero-order chi connectivity index (χ0) is 18.1. The van der Waals surface area contributed by atoms with Gasteiger partial charge >= 0.3 is 0 Å². The van der Waals surface area contributed by atoms with Gasteiger partial charge in [-0.2, -0.15) is 4.31 Å². The second-order valence-electron chi connectivity index (χ2n) is 6.94. The number of hydrogen-bond donors (Lipinski definition) is 0. The lowest BCUT2D eigenvalue weighted by Crippen LogP contribution is -2.46. The van der Waals surface area contributed by atoms with Gasteiger partial charge in [0, 0.05) is 19.7 Å². The highest BCUT2D eigenvalue weighted by atomic mass is 32.2. The zero-order valence-electron chi connectivity index (χ0n) is 14.8. The van der Waals surface area contributed by atoms with Crippen LogP contribution in [0.2, 0.25) is 0 Å². The maximum atomic E-state index is 13.7. The predicted molar refractivity (Wildman–Crippen MR) is 92.5 cm³/mol. The van der Waals surface area contributed by atoms with Gasteiger partial charge in [-0.05, 0) is 57.2 Å². The molecular formula is C18H26FNO4S. The monoisotopic (exact) mass is 371 g/mol. The van der Waals surface area contributed by atoms with Crippen LogP contribution in [0.5, 0.6) is 0 Å².